The lowest BCUT2D eigenvalue weighted by molar-refractivity contribution is 0.223. The van der Waals surface area contributed by atoms with Crippen molar-refractivity contribution in [2.24, 2.45) is 17.7 Å². The van der Waals surface area contributed by atoms with Crippen LogP contribution in [0.15, 0.2) is 24.3 Å². The van der Waals surface area contributed by atoms with Gasteiger partial charge in [0.1, 0.15) is 5.75 Å². The Kier molecular flexibility index (Phi) is 5.90. The van der Waals surface area contributed by atoms with Crippen molar-refractivity contribution in [3.8, 4) is 5.75 Å². The summed E-state index contributed by atoms with van der Waals surface area (Å²) in [6.07, 6.45) is 4.04. The van der Waals surface area contributed by atoms with Crippen molar-refractivity contribution in [1.29, 1.82) is 0 Å². The number of hydrogen-bond donors (Lipinski definition) is 1. The molecule has 0 heterocycles. The molecule has 1 unspecified atom stereocenters. The molecule has 0 radical (unpaired) electrons. The summed E-state index contributed by atoms with van der Waals surface area (Å²) >= 11 is 0. The van der Waals surface area contributed by atoms with Crippen LogP contribution in [-0.2, 0) is 0 Å². The zero-order chi connectivity index (χ0) is 14.4. The summed E-state index contributed by atoms with van der Waals surface area (Å²) in [5.41, 5.74) is 2.06. The molecule has 0 aliphatic heterocycles. The van der Waals surface area contributed by atoms with Gasteiger partial charge in [0.05, 0.1) is 12.3 Å². The molecule has 106 valence electrons. The molecule has 0 aliphatic rings. The number of hydrazine groups is 1. The first-order valence-corrected chi connectivity index (χ1v) is 6.83. The molecule has 0 aromatic heterocycles. The van der Waals surface area contributed by atoms with E-state index in [4.69, 9.17) is 10.6 Å². The van der Waals surface area contributed by atoms with Gasteiger partial charge in [-0.2, -0.15) is 0 Å². The van der Waals surface area contributed by atoms with Gasteiger partial charge in [-0.25, -0.2) is 5.84 Å². The van der Waals surface area contributed by atoms with Crippen LogP contribution in [0.2, 0.25) is 0 Å². The molecular formula is C16H26N2O. The number of hydrogen-bond acceptors (Lipinski definition) is 3. The van der Waals surface area contributed by atoms with Crippen molar-refractivity contribution < 1.29 is 4.74 Å². The molecule has 0 spiro atoms. The van der Waals surface area contributed by atoms with Gasteiger partial charge >= 0.3 is 0 Å². The molecule has 19 heavy (non-hydrogen) atoms. The highest BCUT2D eigenvalue weighted by atomic mass is 16.5. The van der Waals surface area contributed by atoms with E-state index in [9.17, 15) is 0 Å². The fraction of sp³-hybridized carbons (Fsp3) is 0.500. The summed E-state index contributed by atoms with van der Waals surface area (Å²) < 4.78 is 5.86. The lowest BCUT2D eigenvalue weighted by Crippen LogP contribution is -2.25. The lowest BCUT2D eigenvalue weighted by atomic mass is 9.99. The second-order valence-corrected chi connectivity index (χ2v) is 5.36. The van der Waals surface area contributed by atoms with Crippen molar-refractivity contribution in [3.05, 3.63) is 29.8 Å². The Balaban J connectivity index is 2.84. The Bertz CT molecular complexity index is 425. The molecule has 0 bridgehead atoms. The average molecular weight is 262 g/mol. The van der Waals surface area contributed by atoms with Gasteiger partial charge in [-0.05, 0) is 37.0 Å². The van der Waals surface area contributed by atoms with Crippen molar-refractivity contribution in [3.63, 3.8) is 0 Å². The fourth-order valence-electron chi connectivity index (χ4n) is 1.68. The van der Waals surface area contributed by atoms with Crippen LogP contribution in [0, 0.1) is 11.8 Å². The number of benzene rings is 1. The zero-order valence-electron chi connectivity index (χ0n) is 12.7. The maximum atomic E-state index is 5.86. The van der Waals surface area contributed by atoms with E-state index < -0.39 is 0 Å². The normalized spacial score (nSPS) is 13.0. The Morgan fingerprint density at radius 2 is 2.00 bits per heavy atom. The standard InChI is InChI=1S/C16H26N2O/c1-6-7-14-10-15(8-9-16(14)18(5)17)19-11-13(4)12(2)3/h6-10,12-13H,11,17H2,1-5H3/b7-6-. The van der Waals surface area contributed by atoms with E-state index in [-0.39, 0.29) is 0 Å². The first kappa shape index (κ1) is 15.6. The minimum Gasteiger partial charge on any atom is -0.493 e. The second kappa shape index (κ2) is 7.19. The highest BCUT2D eigenvalue weighted by Gasteiger charge is 2.09. The van der Waals surface area contributed by atoms with Crippen LogP contribution in [0.25, 0.3) is 6.08 Å². The van der Waals surface area contributed by atoms with Gasteiger partial charge < -0.3 is 9.75 Å². The van der Waals surface area contributed by atoms with Crippen LogP contribution in [0.5, 0.6) is 5.75 Å². The van der Waals surface area contributed by atoms with Crippen molar-refractivity contribution in [1.82, 2.24) is 0 Å². The number of nitrogens with two attached hydrogens (primary N) is 1. The Hall–Kier alpha value is -1.48. The average Bonchev–Trinajstić information content (AvgIpc) is 2.36. The zero-order valence-corrected chi connectivity index (χ0v) is 12.7. The molecule has 0 amide bonds. The molecule has 0 aliphatic carbocycles. The number of nitrogens with zero attached hydrogens (tertiary/aromatic N) is 1. The first-order chi connectivity index (χ1) is 8.95. The molecule has 1 atom stereocenters. The second-order valence-electron chi connectivity index (χ2n) is 5.36. The molecule has 0 saturated heterocycles. The van der Waals surface area contributed by atoms with Gasteiger partial charge in [0.2, 0.25) is 0 Å². The maximum Gasteiger partial charge on any atom is 0.120 e. The Labute approximate surface area is 117 Å². The van der Waals surface area contributed by atoms with E-state index in [0.29, 0.717) is 11.8 Å². The number of anilines is 1. The molecule has 3 heteroatoms. The largest absolute Gasteiger partial charge is 0.493 e. The SMILES string of the molecule is C/C=C\c1cc(OCC(C)C(C)C)ccc1N(C)N. The molecule has 2 N–H and O–H groups in total. The monoisotopic (exact) mass is 262 g/mol. The summed E-state index contributed by atoms with van der Waals surface area (Å²) in [4.78, 5) is 0. The van der Waals surface area contributed by atoms with Crippen molar-refractivity contribution >= 4 is 11.8 Å². The number of allylic oxidation sites excluding steroid dienone is 1. The Morgan fingerprint density at radius 1 is 1.32 bits per heavy atom. The highest BCUT2D eigenvalue weighted by molar-refractivity contribution is 5.68. The molecular weight excluding hydrogens is 236 g/mol. The minimum atomic E-state index is 0.544. The van der Waals surface area contributed by atoms with E-state index in [0.717, 1.165) is 23.6 Å². The molecule has 3 nitrogen and oxygen atoms in total. The fourth-order valence-corrected chi connectivity index (χ4v) is 1.68. The van der Waals surface area contributed by atoms with Crippen LogP contribution in [0.3, 0.4) is 0 Å². The summed E-state index contributed by atoms with van der Waals surface area (Å²) in [6.45, 7) is 9.37. The predicted octanol–water partition coefficient (Wildman–Crippen LogP) is 3.70. The summed E-state index contributed by atoms with van der Waals surface area (Å²) in [7, 11) is 1.84. The Morgan fingerprint density at radius 3 is 2.53 bits per heavy atom. The van der Waals surface area contributed by atoms with Gasteiger partial charge in [-0.1, -0.05) is 32.9 Å². The quantitative estimate of drug-likeness (QED) is 0.627. The molecule has 1 rings (SSSR count). The van der Waals surface area contributed by atoms with Gasteiger partial charge in [0, 0.05) is 12.6 Å². The van der Waals surface area contributed by atoms with Crippen LogP contribution >= 0.6 is 0 Å². The number of ether oxygens (including phenoxy) is 1. The maximum absolute atomic E-state index is 5.86. The van der Waals surface area contributed by atoms with Crippen LogP contribution in [-0.4, -0.2) is 13.7 Å². The molecule has 1 aromatic rings. The smallest absolute Gasteiger partial charge is 0.120 e. The van der Waals surface area contributed by atoms with E-state index in [1.54, 1.807) is 5.01 Å². The van der Waals surface area contributed by atoms with Crippen molar-refractivity contribution in [2.75, 3.05) is 18.7 Å². The third-order valence-electron chi connectivity index (χ3n) is 3.38. The van der Waals surface area contributed by atoms with E-state index in [1.807, 2.05) is 44.3 Å². The predicted molar refractivity (Wildman–Crippen MR) is 83.2 cm³/mol. The molecule has 0 saturated carbocycles. The van der Waals surface area contributed by atoms with Crippen molar-refractivity contribution in [2.45, 2.75) is 27.7 Å². The number of rotatable bonds is 6. The molecule has 0 fully saturated rings. The highest BCUT2D eigenvalue weighted by Crippen LogP contribution is 2.25. The van der Waals surface area contributed by atoms with Gasteiger partial charge in [-0.3, -0.25) is 0 Å². The van der Waals surface area contributed by atoms with E-state index in [2.05, 4.69) is 20.8 Å². The first-order valence-electron chi connectivity index (χ1n) is 6.83. The summed E-state index contributed by atoms with van der Waals surface area (Å²) in [5, 5.41) is 1.62. The summed E-state index contributed by atoms with van der Waals surface area (Å²) in [5.74, 6) is 7.88. The minimum absolute atomic E-state index is 0.544. The van der Waals surface area contributed by atoms with Gasteiger partial charge in [0.15, 0.2) is 0 Å². The molecule has 1 aromatic carbocycles. The van der Waals surface area contributed by atoms with E-state index in [1.165, 1.54) is 0 Å². The topological polar surface area (TPSA) is 38.5 Å². The van der Waals surface area contributed by atoms with Crippen LogP contribution < -0.4 is 15.6 Å². The lowest BCUT2D eigenvalue weighted by Gasteiger charge is -2.19. The van der Waals surface area contributed by atoms with E-state index >= 15 is 0 Å². The third kappa shape index (κ3) is 4.60. The van der Waals surface area contributed by atoms with Gasteiger partial charge in [0.25, 0.3) is 0 Å². The van der Waals surface area contributed by atoms with Crippen LogP contribution in [0.4, 0.5) is 5.69 Å². The summed E-state index contributed by atoms with van der Waals surface area (Å²) in [6, 6.07) is 6.00. The third-order valence-corrected chi connectivity index (χ3v) is 3.38. The van der Waals surface area contributed by atoms with Gasteiger partial charge in [-0.15, -0.1) is 0 Å². The van der Waals surface area contributed by atoms with Crippen LogP contribution in [0.1, 0.15) is 33.3 Å².